The van der Waals surface area contributed by atoms with Crippen molar-refractivity contribution in [3.63, 3.8) is 0 Å². The van der Waals surface area contributed by atoms with Crippen molar-refractivity contribution in [2.75, 3.05) is 0 Å². The van der Waals surface area contributed by atoms with Gasteiger partial charge in [-0.05, 0) is 12.1 Å². The normalized spacial score (nSPS) is 10.2. The molecule has 8 heteroatoms. The maximum absolute atomic E-state index is 13.1. The number of hydrogen-bond acceptors (Lipinski definition) is 0. The molecule has 1 aromatic carbocycles. The number of benzene rings is 1. The summed E-state index contributed by atoms with van der Waals surface area (Å²) in [6, 6.07) is 0.401. The van der Waals surface area contributed by atoms with Gasteiger partial charge in [0.2, 0.25) is 0 Å². The van der Waals surface area contributed by atoms with Crippen LogP contribution in [0.4, 0.5) is 30.7 Å². The van der Waals surface area contributed by atoms with E-state index in [2.05, 4.69) is 0 Å². The fourth-order valence-electron chi connectivity index (χ4n) is 1.09. The Morgan fingerprint density at radius 3 is 1.67 bits per heavy atom. The Morgan fingerprint density at radius 1 is 0.778 bits per heavy atom. The number of hydrogen-bond donors (Lipinski definition) is 0. The first kappa shape index (κ1) is 14.6. The predicted octanol–water partition coefficient (Wildman–Crippen LogP) is 5.55. The van der Waals surface area contributed by atoms with Crippen LogP contribution in [0.15, 0.2) is 24.3 Å². The second-order valence-electron chi connectivity index (χ2n) is 2.96. The van der Waals surface area contributed by atoms with Gasteiger partial charge in [-0.15, -0.1) is 0 Å². The summed E-state index contributed by atoms with van der Waals surface area (Å²) >= 11 is 5.25. The summed E-state index contributed by atoms with van der Waals surface area (Å²) in [6.45, 7) is 0. The highest BCUT2D eigenvalue weighted by atomic mass is 35.5. The molecule has 1 aromatic rings. The highest BCUT2D eigenvalue weighted by Crippen LogP contribution is 2.34. The first-order valence-electron chi connectivity index (χ1n) is 4.17. The summed E-state index contributed by atoms with van der Waals surface area (Å²) in [4.78, 5) is 0. The molecular weight excluding hydrogens is 289 g/mol. The van der Waals surface area contributed by atoms with Crippen LogP contribution in [0.1, 0.15) is 11.1 Å². The van der Waals surface area contributed by atoms with Crippen molar-refractivity contribution >= 4 is 23.3 Å². The van der Waals surface area contributed by atoms with Crippen molar-refractivity contribution in [3.8, 4) is 0 Å². The molecule has 0 saturated carbocycles. The third kappa shape index (κ3) is 2.84. The monoisotopic (exact) mass is 290 g/mol. The summed E-state index contributed by atoms with van der Waals surface area (Å²) in [5.41, 5.74) is -2.43. The van der Waals surface area contributed by atoms with Gasteiger partial charge in [0.1, 0.15) is 5.82 Å². The maximum Gasteiger partial charge on any atom is 0.306 e. The van der Waals surface area contributed by atoms with Gasteiger partial charge in [0.15, 0.2) is 11.7 Å². The van der Waals surface area contributed by atoms with Crippen LogP contribution in [-0.4, -0.2) is 0 Å². The fraction of sp³-hybridized carbons (Fsp3) is 0. The zero-order valence-electron chi connectivity index (χ0n) is 8.18. The van der Waals surface area contributed by atoms with E-state index in [-0.39, 0.29) is 12.1 Å². The molecule has 0 nitrogen and oxygen atoms in total. The van der Waals surface area contributed by atoms with Crippen LogP contribution >= 0.6 is 11.6 Å². The molecule has 18 heavy (non-hydrogen) atoms. The Balaban J connectivity index is 3.56. The molecule has 0 aliphatic rings. The second kappa shape index (κ2) is 5.43. The van der Waals surface area contributed by atoms with Crippen molar-refractivity contribution in [2.24, 2.45) is 0 Å². The molecule has 0 unspecified atom stereocenters. The Morgan fingerprint density at radius 2 is 1.22 bits per heavy atom. The van der Waals surface area contributed by atoms with Gasteiger partial charge in [0.25, 0.3) is 0 Å². The maximum atomic E-state index is 13.1. The SMILES string of the molecule is FC(F)=C(F)c1cc(C(F)=C(F)F)c(Cl)cc1F. The van der Waals surface area contributed by atoms with Gasteiger partial charge in [-0.1, -0.05) is 11.6 Å². The highest BCUT2D eigenvalue weighted by molar-refractivity contribution is 6.32. The predicted molar refractivity (Wildman–Crippen MR) is 51.9 cm³/mol. The molecule has 0 fully saturated rings. The molecule has 0 atom stereocenters. The van der Waals surface area contributed by atoms with Crippen molar-refractivity contribution in [1.29, 1.82) is 0 Å². The minimum Gasteiger partial charge on any atom is -0.206 e. The molecule has 0 radical (unpaired) electrons. The minimum atomic E-state index is -2.87. The summed E-state index contributed by atoms with van der Waals surface area (Å²) in [5, 5.41) is -0.798. The molecule has 98 valence electrons. The largest absolute Gasteiger partial charge is 0.306 e. The second-order valence-corrected chi connectivity index (χ2v) is 3.37. The van der Waals surface area contributed by atoms with Crippen LogP contribution < -0.4 is 0 Å². The lowest BCUT2D eigenvalue weighted by atomic mass is 10.1. The van der Waals surface area contributed by atoms with Gasteiger partial charge < -0.3 is 0 Å². The Bertz CT molecular complexity index is 494. The summed E-state index contributed by atoms with van der Waals surface area (Å²) < 4.78 is 86.6. The molecule has 0 heterocycles. The van der Waals surface area contributed by atoms with E-state index in [1.54, 1.807) is 0 Å². The van der Waals surface area contributed by atoms with E-state index in [0.717, 1.165) is 0 Å². The Hall–Kier alpha value is -1.50. The molecule has 0 aromatic heterocycles. The van der Waals surface area contributed by atoms with Crippen LogP contribution in [0.2, 0.25) is 5.02 Å². The molecule has 0 spiro atoms. The van der Waals surface area contributed by atoms with E-state index in [4.69, 9.17) is 11.6 Å². The van der Waals surface area contributed by atoms with E-state index in [1.807, 2.05) is 0 Å². The van der Waals surface area contributed by atoms with Crippen LogP contribution in [0.5, 0.6) is 0 Å². The number of rotatable bonds is 2. The molecule has 0 aliphatic carbocycles. The quantitative estimate of drug-likeness (QED) is 0.627. The van der Waals surface area contributed by atoms with Gasteiger partial charge in [0, 0.05) is 5.56 Å². The summed E-state index contributed by atoms with van der Waals surface area (Å²) in [7, 11) is 0. The van der Waals surface area contributed by atoms with Gasteiger partial charge in [0.05, 0.1) is 10.6 Å². The first-order chi connectivity index (χ1) is 8.25. The lowest BCUT2D eigenvalue weighted by molar-refractivity contribution is 0.409. The lowest BCUT2D eigenvalue weighted by Crippen LogP contribution is -1.92. The van der Waals surface area contributed by atoms with E-state index in [9.17, 15) is 30.7 Å². The molecule has 0 amide bonds. The van der Waals surface area contributed by atoms with Crippen molar-refractivity contribution in [2.45, 2.75) is 0 Å². The average molecular weight is 291 g/mol. The van der Waals surface area contributed by atoms with E-state index < -0.39 is 45.8 Å². The molecule has 1 rings (SSSR count). The zero-order valence-corrected chi connectivity index (χ0v) is 8.93. The van der Waals surface area contributed by atoms with Crippen molar-refractivity contribution in [3.05, 3.63) is 46.3 Å². The van der Waals surface area contributed by atoms with Gasteiger partial charge in [-0.3, -0.25) is 0 Å². The lowest BCUT2D eigenvalue weighted by Gasteiger charge is -2.05. The fourth-order valence-corrected chi connectivity index (χ4v) is 1.32. The summed E-state index contributed by atoms with van der Waals surface area (Å²) in [5.74, 6) is -5.95. The molecule has 0 saturated heterocycles. The van der Waals surface area contributed by atoms with Gasteiger partial charge in [-0.2, -0.15) is 17.6 Å². The molecular formula is C10H2ClF7. The Labute approximate surface area is 101 Å². The summed E-state index contributed by atoms with van der Waals surface area (Å²) in [6.07, 6.45) is -5.66. The van der Waals surface area contributed by atoms with Crippen LogP contribution in [-0.2, 0) is 0 Å². The first-order valence-corrected chi connectivity index (χ1v) is 4.54. The van der Waals surface area contributed by atoms with E-state index in [1.165, 1.54) is 0 Å². The zero-order chi connectivity index (χ0) is 14.0. The standard InChI is InChI=1S/C10H2ClF7/c11-5-2-6(12)4(8(14)10(17)18)1-3(5)7(13)9(15)16/h1-2H. The van der Waals surface area contributed by atoms with Crippen molar-refractivity contribution in [1.82, 2.24) is 0 Å². The minimum absolute atomic E-state index is 0.140. The Kier molecular flexibility index (Phi) is 4.39. The van der Waals surface area contributed by atoms with Crippen LogP contribution in [0.25, 0.3) is 11.7 Å². The smallest absolute Gasteiger partial charge is 0.206 e. The number of halogens is 8. The highest BCUT2D eigenvalue weighted by Gasteiger charge is 2.20. The molecule has 0 aliphatic heterocycles. The van der Waals surface area contributed by atoms with Gasteiger partial charge in [-0.25, -0.2) is 13.2 Å². The molecule has 0 bridgehead atoms. The molecule has 0 N–H and O–H groups in total. The van der Waals surface area contributed by atoms with Crippen LogP contribution in [0, 0.1) is 5.82 Å². The van der Waals surface area contributed by atoms with E-state index in [0.29, 0.717) is 0 Å². The van der Waals surface area contributed by atoms with Crippen LogP contribution in [0.3, 0.4) is 0 Å². The van der Waals surface area contributed by atoms with Crippen molar-refractivity contribution < 1.29 is 30.7 Å². The third-order valence-electron chi connectivity index (χ3n) is 1.86. The van der Waals surface area contributed by atoms with Gasteiger partial charge >= 0.3 is 12.2 Å². The average Bonchev–Trinajstić information content (AvgIpc) is 2.27. The third-order valence-corrected chi connectivity index (χ3v) is 2.17. The topological polar surface area (TPSA) is 0 Å². The van der Waals surface area contributed by atoms with E-state index >= 15 is 0 Å².